The Bertz CT molecular complexity index is 947. The molecule has 1 aliphatic heterocycles. The van der Waals surface area contributed by atoms with Crippen molar-refractivity contribution in [2.24, 2.45) is 0 Å². The highest BCUT2D eigenvalue weighted by Crippen LogP contribution is 2.44. The number of carbonyl (C=O) groups is 1. The summed E-state index contributed by atoms with van der Waals surface area (Å²) < 4.78 is 19.7. The van der Waals surface area contributed by atoms with Gasteiger partial charge in [0.05, 0.1) is 12.1 Å². The van der Waals surface area contributed by atoms with E-state index in [9.17, 15) is 14.3 Å². The lowest BCUT2D eigenvalue weighted by atomic mass is 9.89. The first kappa shape index (κ1) is 19.0. The van der Waals surface area contributed by atoms with Crippen LogP contribution in [0.3, 0.4) is 0 Å². The summed E-state index contributed by atoms with van der Waals surface area (Å²) in [6, 6.07) is 7.77. The minimum Gasteiger partial charge on any atom is -0.486 e. The number of benzene rings is 2. The maximum atomic E-state index is 13.9. The van der Waals surface area contributed by atoms with Gasteiger partial charge in [-0.3, -0.25) is 0 Å². The zero-order valence-corrected chi connectivity index (χ0v) is 16.4. The van der Waals surface area contributed by atoms with Crippen LogP contribution in [0.5, 0.6) is 5.75 Å². The van der Waals surface area contributed by atoms with E-state index in [2.05, 4.69) is 10.6 Å². The number of hydrogen-bond donors (Lipinski definition) is 3. The van der Waals surface area contributed by atoms with Crippen molar-refractivity contribution in [1.29, 1.82) is 0 Å². The zero-order valence-electron chi connectivity index (χ0n) is 15.7. The van der Waals surface area contributed by atoms with Gasteiger partial charge in [0.1, 0.15) is 22.2 Å². The molecule has 0 radical (unpaired) electrons. The predicted octanol–water partition coefficient (Wildman–Crippen LogP) is 4.36. The number of urea groups is 1. The Morgan fingerprint density at radius 3 is 2.86 bits per heavy atom. The summed E-state index contributed by atoms with van der Waals surface area (Å²) in [6.07, 6.45) is 1.22. The second-order valence-electron chi connectivity index (χ2n) is 8.00. The van der Waals surface area contributed by atoms with Crippen molar-refractivity contribution in [1.82, 2.24) is 5.32 Å². The van der Waals surface area contributed by atoms with Gasteiger partial charge in [-0.15, -0.1) is 0 Å². The average molecular weight is 405 g/mol. The third-order valence-corrected chi connectivity index (χ3v) is 5.60. The second-order valence-corrected chi connectivity index (χ2v) is 8.38. The van der Waals surface area contributed by atoms with Crippen LogP contribution in [0.2, 0.25) is 5.02 Å². The molecule has 1 aliphatic carbocycles. The molecule has 0 spiro atoms. The van der Waals surface area contributed by atoms with E-state index < -0.39 is 17.5 Å². The summed E-state index contributed by atoms with van der Waals surface area (Å²) in [5.41, 5.74) is 2.73. The van der Waals surface area contributed by atoms with Crippen molar-refractivity contribution in [3.63, 3.8) is 0 Å². The summed E-state index contributed by atoms with van der Waals surface area (Å²) in [4.78, 5) is 12.7. The minimum absolute atomic E-state index is 0.0765. The van der Waals surface area contributed by atoms with Gasteiger partial charge in [0, 0.05) is 24.1 Å². The Morgan fingerprint density at radius 1 is 1.29 bits per heavy atom. The molecule has 2 aromatic carbocycles. The Balaban J connectivity index is 1.56. The van der Waals surface area contributed by atoms with Crippen molar-refractivity contribution in [3.8, 4) is 5.75 Å². The quantitative estimate of drug-likeness (QED) is 0.696. The third-order valence-electron chi connectivity index (χ3n) is 5.25. The Morgan fingerprint density at radius 2 is 2.07 bits per heavy atom. The molecule has 2 amide bonds. The fraction of sp³-hybridized carbons (Fsp3) is 0.381. The maximum Gasteiger partial charge on any atom is 0.319 e. The van der Waals surface area contributed by atoms with E-state index in [0.29, 0.717) is 30.5 Å². The zero-order chi connectivity index (χ0) is 20.1. The van der Waals surface area contributed by atoms with Crippen LogP contribution in [-0.4, -0.2) is 22.8 Å². The predicted molar refractivity (Wildman–Crippen MR) is 105 cm³/mol. The molecule has 148 valence electrons. The second kappa shape index (κ2) is 6.94. The SMILES string of the molecule is CC1(C)CC(NC(=O)Nc2cccc3c2CC(O)C3)c2ccc(F)c(Cl)c2O1. The summed E-state index contributed by atoms with van der Waals surface area (Å²) in [6.45, 7) is 3.74. The lowest BCUT2D eigenvalue weighted by Gasteiger charge is -2.38. The number of rotatable bonds is 2. The molecule has 0 fully saturated rings. The normalized spacial score (nSPS) is 22.0. The molecule has 0 saturated heterocycles. The van der Waals surface area contributed by atoms with Crippen LogP contribution in [0.4, 0.5) is 14.9 Å². The van der Waals surface area contributed by atoms with E-state index in [1.54, 1.807) is 6.07 Å². The highest BCUT2D eigenvalue weighted by Gasteiger charge is 2.36. The van der Waals surface area contributed by atoms with Gasteiger partial charge in [0.15, 0.2) is 0 Å². The first-order valence-electron chi connectivity index (χ1n) is 9.27. The average Bonchev–Trinajstić information content (AvgIpc) is 2.99. The number of amides is 2. The van der Waals surface area contributed by atoms with Crippen LogP contribution in [0.15, 0.2) is 30.3 Å². The molecule has 0 saturated carbocycles. The van der Waals surface area contributed by atoms with Crippen LogP contribution in [0.25, 0.3) is 0 Å². The van der Waals surface area contributed by atoms with E-state index in [-0.39, 0.29) is 22.8 Å². The Kier molecular flexibility index (Phi) is 4.71. The van der Waals surface area contributed by atoms with Gasteiger partial charge < -0.3 is 20.5 Å². The topological polar surface area (TPSA) is 70.6 Å². The number of fused-ring (bicyclic) bond motifs is 2. The van der Waals surface area contributed by atoms with Crippen molar-refractivity contribution in [2.75, 3.05) is 5.32 Å². The van der Waals surface area contributed by atoms with Crippen LogP contribution >= 0.6 is 11.6 Å². The van der Waals surface area contributed by atoms with Crippen molar-refractivity contribution in [2.45, 2.75) is 50.9 Å². The Labute approximate surface area is 167 Å². The molecule has 0 aromatic heterocycles. The standard InChI is InChI=1S/C21H22ClFN2O3/c1-21(2)10-17(13-6-7-15(23)18(22)19(13)28-21)25-20(27)24-16-5-3-4-11-8-12(26)9-14(11)16/h3-7,12,17,26H,8-10H2,1-2H3,(H2,24,25,27). The van der Waals surface area contributed by atoms with E-state index in [1.165, 1.54) is 6.07 Å². The lowest BCUT2D eigenvalue weighted by molar-refractivity contribution is 0.0679. The molecule has 2 aliphatic rings. The van der Waals surface area contributed by atoms with Gasteiger partial charge in [-0.25, -0.2) is 9.18 Å². The molecule has 2 unspecified atom stereocenters. The molecular weight excluding hydrogens is 383 g/mol. The molecule has 0 bridgehead atoms. The van der Waals surface area contributed by atoms with E-state index in [4.69, 9.17) is 16.3 Å². The van der Waals surface area contributed by atoms with Gasteiger partial charge >= 0.3 is 6.03 Å². The first-order valence-corrected chi connectivity index (χ1v) is 9.64. The molecule has 5 nitrogen and oxygen atoms in total. The molecule has 7 heteroatoms. The smallest absolute Gasteiger partial charge is 0.319 e. The van der Waals surface area contributed by atoms with E-state index in [0.717, 1.165) is 11.1 Å². The van der Waals surface area contributed by atoms with E-state index >= 15 is 0 Å². The number of aliphatic hydroxyl groups is 1. The largest absolute Gasteiger partial charge is 0.486 e. The first-order chi connectivity index (χ1) is 13.2. The summed E-state index contributed by atoms with van der Waals surface area (Å²) in [5.74, 6) is -0.285. The number of hydrogen-bond acceptors (Lipinski definition) is 3. The van der Waals surface area contributed by atoms with Crippen LogP contribution in [0, 0.1) is 5.82 Å². The lowest BCUT2D eigenvalue weighted by Crippen LogP contribution is -2.42. The highest BCUT2D eigenvalue weighted by molar-refractivity contribution is 6.32. The molecular formula is C21H22ClFN2O3. The summed E-state index contributed by atoms with van der Waals surface area (Å²) >= 11 is 6.10. The monoisotopic (exact) mass is 404 g/mol. The summed E-state index contributed by atoms with van der Waals surface area (Å²) in [7, 11) is 0. The number of ether oxygens (including phenoxy) is 1. The van der Waals surface area contributed by atoms with E-state index in [1.807, 2.05) is 32.0 Å². The van der Waals surface area contributed by atoms with Gasteiger partial charge in [-0.1, -0.05) is 29.8 Å². The number of aliphatic hydroxyl groups excluding tert-OH is 1. The molecule has 28 heavy (non-hydrogen) atoms. The van der Waals surface area contributed by atoms with Crippen molar-refractivity contribution < 1.29 is 19.0 Å². The number of nitrogens with one attached hydrogen (secondary N) is 2. The molecule has 2 aromatic rings. The molecule has 3 N–H and O–H groups in total. The van der Waals surface area contributed by atoms with Crippen LogP contribution in [0.1, 0.15) is 43.0 Å². The van der Waals surface area contributed by atoms with Crippen LogP contribution in [-0.2, 0) is 12.8 Å². The van der Waals surface area contributed by atoms with Gasteiger partial charge in [0.2, 0.25) is 0 Å². The van der Waals surface area contributed by atoms with Gasteiger partial charge in [-0.05, 0) is 43.5 Å². The molecule has 4 rings (SSSR count). The van der Waals surface area contributed by atoms with Crippen LogP contribution < -0.4 is 15.4 Å². The maximum absolute atomic E-state index is 13.9. The van der Waals surface area contributed by atoms with Gasteiger partial charge in [0.25, 0.3) is 0 Å². The minimum atomic E-state index is -0.611. The third kappa shape index (κ3) is 3.54. The van der Waals surface area contributed by atoms with Crippen molar-refractivity contribution in [3.05, 3.63) is 57.9 Å². The van der Waals surface area contributed by atoms with Crippen molar-refractivity contribution >= 4 is 23.3 Å². The highest BCUT2D eigenvalue weighted by atomic mass is 35.5. The summed E-state index contributed by atoms with van der Waals surface area (Å²) in [5, 5.41) is 15.7. The van der Waals surface area contributed by atoms with Gasteiger partial charge in [-0.2, -0.15) is 0 Å². The number of carbonyl (C=O) groups excluding carboxylic acids is 1. The molecule has 2 atom stereocenters. The number of anilines is 1. The Hall–Kier alpha value is -2.31. The fourth-order valence-corrected chi connectivity index (χ4v) is 4.25. The fourth-order valence-electron chi connectivity index (χ4n) is 4.04. The number of halogens is 2. The molecule has 1 heterocycles.